The Labute approximate surface area is 161 Å². The molecule has 0 spiro atoms. The normalized spacial score (nSPS) is 16.0. The van der Waals surface area contributed by atoms with Crippen molar-refractivity contribution in [2.45, 2.75) is 30.0 Å². The quantitative estimate of drug-likeness (QED) is 0.839. The second kappa shape index (κ2) is 7.81. The Morgan fingerprint density at radius 2 is 1.71 bits per heavy atom. The summed E-state index contributed by atoms with van der Waals surface area (Å²) in [6.45, 7) is 0.865. The minimum Gasteiger partial charge on any atom is -0.370 e. The van der Waals surface area contributed by atoms with E-state index in [-0.39, 0.29) is 16.5 Å². The second-order valence-corrected chi connectivity index (χ2v) is 8.25. The average molecular weight is 409 g/mol. The Balaban J connectivity index is 1.68. The van der Waals surface area contributed by atoms with Gasteiger partial charge in [-0.3, -0.25) is 0 Å². The van der Waals surface area contributed by atoms with Gasteiger partial charge in [-0.1, -0.05) is 18.2 Å². The van der Waals surface area contributed by atoms with Gasteiger partial charge in [-0.15, -0.1) is 0 Å². The highest BCUT2D eigenvalue weighted by Crippen LogP contribution is 2.33. The number of hydrogen-bond donors (Lipinski definition) is 1. The van der Waals surface area contributed by atoms with Gasteiger partial charge in [-0.05, 0) is 43.2 Å². The second-order valence-electron chi connectivity index (χ2n) is 6.54. The highest BCUT2D eigenvalue weighted by Gasteiger charge is 2.32. The van der Waals surface area contributed by atoms with Crippen molar-refractivity contribution < 1.29 is 21.6 Å². The lowest BCUT2D eigenvalue weighted by molar-refractivity contribution is -0.137. The van der Waals surface area contributed by atoms with Crippen LogP contribution in [0.2, 0.25) is 0 Å². The van der Waals surface area contributed by atoms with Crippen LogP contribution in [0.4, 0.5) is 18.9 Å². The molecule has 5 nitrogen and oxygen atoms in total. The van der Waals surface area contributed by atoms with Crippen LogP contribution in [0.3, 0.4) is 0 Å². The number of piperidine rings is 1. The van der Waals surface area contributed by atoms with E-state index >= 15 is 0 Å². The molecule has 9 heteroatoms. The molecule has 2 aromatic carbocycles. The highest BCUT2D eigenvalue weighted by atomic mass is 32.2. The zero-order chi connectivity index (χ0) is 20.4. The standard InChI is InChI=1S/C19H18F3N3O2S/c20-19(21,22)15-6-7-18(14(12-15)13-23)25-10-8-16(9-11-25)24-28(26,27)17-4-2-1-3-5-17/h1-7,12,16,24H,8-11H2. The van der Waals surface area contributed by atoms with Crippen LogP contribution < -0.4 is 9.62 Å². The predicted molar refractivity (Wildman–Crippen MR) is 98.2 cm³/mol. The number of benzene rings is 2. The number of hydrogen-bond acceptors (Lipinski definition) is 4. The minimum atomic E-state index is -4.51. The van der Waals surface area contributed by atoms with Crippen LogP contribution in [0.5, 0.6) is 0 Å². The molecule has 1 N–H and O–H groups in total. The molecule has 0 bridgehead atoms. The van der Waals surface area contributed by atoms with E-state index < -0.39 is 21.8 Å². The summed E-state index contributed by atoms with van der Waals surface area (Å²) in [5.74, 6) is 0. The maximum absolute atomic E-state index is 12.8. The molecule has 0 aromatic heterocycles. The van der Waals surface area contributed by atoms with E-state index in [1.54, 1.807) is 18.2 Å². The van der Waals surface area contributed by atoms with Crippen molar-refractivity contribution in [1.29, 1.82) is 5.26 Å². The molecule has 2 aromatic rings. The van der Waals surface area contributed by atoms with Crippen LogP contribution in [-0.2, 0) is 16.2 Å². The number of nitrogens with zero attached hydrogens (tertiary/aromatic N) is 2. The Morgan fingerprint density at radius 1 is 1.07 bits per heavy atom. The largest absolute Gasteiger partial charge is 0.416 e. The molecular formula is C19H18F3N3O2S. The number of alkyl halides is 3. The first-order chi connectivity index (χ1) is 13.2. The van der Waals surface area contributed by atoms with Crippen molar-refractivity contribution in [2.24, 2.45) is 0 Å². The summed E-state index contributed by atoms with van der Waals surface area (Å²) in [6, 6.07) is 12.7. The maximum Gasteiger partial charge on any atom is 0.416 e. The van der Waals surface area contributed by atoms with Gasteiger partial charge in [0.15, 0.2) is 0 Å². The third-order valence-electron chi connectivity index (χ3n) is 4.66. The number of halogens is 3. The van der Waals surface area contributed by atoms with Crippen molar-refractivity contribution in [2.75, 3.05) is 18.0 Å². The molecule has 0 saturated carbocycles. The zero-order valence-electron chi connectivity index (χ0n) is 14.8. The van der Waals surface area contributed by atoms with Crippen LogP contribution in [0.15, 0.2) is 53.4 Å². The summed E-state index contributed by atoms with van der Waals surface area (Å²) < 4.78 is 66.0. The molecule has 1 fully saturated rings. The van der Waals surface area contributed by atoms with Crippen molar-refractivity contribution in [3.63, 3.8) is 0 Å². The number of nitrogens with one attached hydrogen (secondary N) is 1. The number of sulfonamides is 1. The SMILES string of the molecule is N#Cc1cc(C(F)(F)F)ccc1N1CCC(NS(=O)(=O)c2ccccc2)CC1. The lowest BCUT2D eigenvalue weighted by Gasteiger charge is -2.34. The third-order valence-corrected chi connectivity index (χ3v) is 6.19. The summed E-state index contributed by atoms with van der Waals surface area (Å²) in [5, 5.41) is 9.23. The Morgan fingerprint density at radius 3 is 2.29 bits per heavy atom. The molecule has 1 aliphatic heterocycles. The summed E-state index contributed by atoms with van der Waals surface area (Å²) in [5.41, 5.74) is -0.476. The maximum atomic E-state index is 12.8. The first-order valence-electron chi connectivity index (χ1n) is 8.64. The van der Waals surface area contributed by atoms with Gasteiger partial charge in [0.1, 0.15) is 6.07 Å². The van der Waals surface area contributed by atoms with Crippen LogP contribution in [0.25, 0.3) is 0 Å². The Hall–Kier alpha value is -2.57. The lowest BCUT2D eigenvalue weighted by Crippen LogP contribution is -2.44. The van der Waals surface area contributed by atoms with E-state index in [0.29, 0.717) is 31.6 Å². The van der Waals surface area contributed by atoms with Crippen molar-refractivity contribution in [1.82, 2.24) is 4.72 Å². The van der Waals surface area contributed by atoms with Crippen molar-refractivity contribution in [3.8, 4) is 6.07 Å². The van der Waals surface area contributed by atoms with Gasteiger partial charge in [-0.25, -0.2) is 13.1 Å². The number of nitriles is 1. The molecular weight excluding hydrogens is 391 g/mol. The van der Waals surface area contributed by atoms with Crippen molar-refractivity contribution in [3.05, 3.63) is 59.7 Å². The number of rotatable bonds is 4. The molecule has 3 rings (SSSR count). The summed E-state index contributed by atoms with van der Waals surface area (Å²) in [6.07, 6.45) is -3.54. The number of anilines is 1. The molecule has 1 heterocycles. The van der Waals surface area contributed by atoms with Crippen molar-refractivity contribution >= 4 is 15.7 Å². The van der Waals surface area contributed by atoms with E-state index in [0.717, 1.165) is 12.1 Å². The van der Waals surface area contributed by atoms with Gasteiger partial charge >= 0.3 is 6.18 Å². The molecule has 148 valence electrons. The van der Waals surface area contributed by atoms with Gasteiger partial charge in [0, 0.05) is 19.1 Å². The monoisotopic (exact) mass is 409 g/mol. The Kier molecular flexibility index (Phi) is 5.63. The fourth-order valence-electron chi connectivity index (χ4n) is 3.20. The summed E-state index contributed by atoms with van der Waals surface area (Å²) >= 11 is 0. The third kappa shape index (κ3) is 4.46. The minimum absolute atomic E-state index is 0.0434. The lowest BCUT2D eigenvalue weighted by atomic mass is 10.0. The van der Waals surface area contributed by atoms with Crippen LogP contribution in [0.1, 0.15) is 24.0 Å². The van der Waals surface area contributed by atoms with Crippen LogP contribution >= 0.6 is 0 Å². The van der Waals surface area contributed by atoms with E-state index in [9.17, 15) is 26.9 Å². The summed E-state index contributed by atoms with van der Waals surface area (Å²) in [4.78, 5) is 2.00. The molecule has 0 aliphatic carbocycles. The molecule has 0 atom stereocenters. The van der Waals surface area contributed by atoms with Crippen LogP contribution in [0, 0.1) is 11.3 Å². The van der Waals surface area contributed by atoms with Gasteiger partial charge < -0.3 is 4.90 Å². The van der Waals surface area contributed by atoms with Gasteiger partial charge in [0.05, 0.1) is 21.7 Å². The smallest absolute Gasteiger partial charge is 0.370 e. The molecule has 28 heavy (non-hydrogen) atoms. The van der Waals surface area contributed by atoms with Gasteiger partial charge in [0.25, 0.3) is 0 Å². The molecule has 0 radical (unpaired) electrons. The first kappa shape index (κ1) is 20.2. The van der Waals surface area contributed by atoms with E-state index in [4.69, 9.17) is 0 Å². The average Bonchev–Trinajstić information content (AvgIpc) is 2.68. The first-order valence-corrected chi connectivity index (χ1v) is 10.1. The van der Waals surface area contributed by atoms with Gasteiger partial charge in [-0.2, -0.15) is 18.4 Å². The van der Waals surface area contributed by atoms with E-state index in [1.807, 2.05) is 11.0 Å². The molecule has 0 amide bonds. The fourth-order valence-corrected chi connectivity index (χ4v) is 4.53. The van der Waals surface area contributed by atoms with Gasteiger partial charge in [0.2, 0.25) is 10.0 Å². The topological polar surface area (TPSA) is 73.2 Å². The molecule has 0 unspecified atom stereocenters. The Bertz CT molecular complexity index is 978. The summed E-state index contributed by atoms with van der Waals surface area (Å²) in [7, 11) is -3.62. The zero-order valence-corrected chi connectivity index (χ0v) is 15.6. The highest BCUT2D eigenvalue weighted by molar-refractivity contribution is 7.89. The molecule has 1 aliphatic rings. The fraction of sp³-hybridized carbons (Fsp3) is 0.316. The van der Waals surface area contributed by atoms with E-state index in [1.165, 1.54) is 18.2 Å². The van der Waals surface area contributed by atoms with Crippen LogP contribution in [-0.4, -0.2) is 27.5 Å². The van der Waals surface area contributed by atoms with E-state index in [2.05, 4.69) is 4.72 Å². The molecule has 1 saturated heterocycles. The predicted octanol–water partition coefficient (Wildman–Crippen LogP) is 3.52.